The van der Waals surface area contributed by atoms with Gasteiger partial charge in [-0.05, 0) is 43.3 Å². The Balaban J connectivity index is 1.89. The smallest absolute Gasteiger partial charge is 0.255 e. The Hall–Kier alpha value is -3.12. The summed E-state index contributed by atoms with van der Waals surface area (Å²) in [5, 5.41) is 7.14. The van der Waals surface area contributed by atoms with Crippen LogP contribution in [0.2, 0.25) is 0 Å². The summed E-state index contributed by atoms with van der Waals surface area (Å²) in [5.41, 5.74) is 9.70. The van der Waals surface area contributed by atoms with E-state index in [2.05, 4.69) is 10.4 Å². The van der Waals surface area contributed by atoms with Gasteiger partial charge in [-0.3, -0.25) is 9.48 Å². The van der Waals surface area contributed by atoms with Gasteiger partial charge in [-0.1, -0.05) is 17.7 Å². The van der Waals surface area contributed by atoms with Crippen molar-refractivity contribution >= 4 is 11.6 Å². The molecular weight excluding hydrogens is 328 g/mol. The molecule has 0 atom stereocenters. The molecule has 3 N–H and O–H groups in total. The number of carbonyl (C=O) groups excluding carboxylic acids is 1. The minimum Gasteiger partial charge on any atom is -0.492 e. The van der Waals surface area contributed by atoms with E-state index in [1.54, 1.807) is 10.9 Å². The number of benzene rings is 2. The largest absolute Gasteiger partial charge is 0.492 e. The van der Waals surface area contributed by atoms with Crippen LogP contribution in [0.25, 0.3) is 11.3 Å². The Morgan fingerprint density at radius 3 is 2.62 bits per heavy atom. The number of ether oxygens (including phenoxy) is 1. The molecule has 0 aliphatic heterocycles. The Labute approximate surface area is 152 Å². The van der Waals surface area contributed by atoms with Crippen molar-refractivity contribution in [1.82, 2.24) is 9.78 Å². The lowest BCUT2D eigenvalue weighted by Crippen LogP contribution is -2.13. The van der Waals surface area contributed by atoms with E-state index in [1.807, 2.05) is 62.5 Å². The summed E-state index contributed by atoms with van der Waals surface area (Å²) in [7, 11) is 1.86. The van der Waals surface area contributed by atoms with Gasteiger partial charge in [-0.15, -0.1) is 0 Å². The fraction of sp³-hybridized carbons (Fsp3) is 0.200. The van der Waals surface area contributed by atoms with E-state index in [1.165, 1.54) is 0 Å². The van der Waals surface area contributed by atoms with Crippen molar-refractivity contribution in [2.24, 2.45) is 12.8 Å². The molecular formula is C20H22N4O2. The number of aryl methyl sites for hydroxylation is 2. The van der Waals surface area contributed by atoms with E-state index in [0.717, 1.165) is 16.8 Å². The lowest BCUT2D eigenvalue weighted by Gasteiger charge is -2.14. The Kier molecular flexibility index (Phi) is 5.34. The molecule has 0 unspecified atom stereocenters. The predicted octanol–water partition coefficient (Wildman–Crippen LogP) is 2.99. The Morgan fingerprint density at radius 2 is 1.96 bits per heavy atom. The van der Waals surface area contributed by atoms with E-state index >= 15 is 0 Å². The third-order valence-corrected chi connectivity index (χ3v) is 4.02. The number of anilines is 1. The van der Waals surface area contributed by atoms with E-state index in [9.17, 15) is 4.79 Å². The number of nitrogens with zero attached hydrogens (tertiary/aromatic N) is 2. The van der Waals surface area contributed by atoms with Crippen molar-refractivity contribution in [3.05, 3.63) is 65.9 Å². The summed E-state index contributed by atoms with van der Waals surface area (Å²) in [4.78, 5) is 12.5. The summed E-state index contributed by atoms with van der Waals surface area (Å²) in [6.45, 7) is 2.83. The zero-order valence-electron chi connectivity index (χ0n) is 14.9. The summed E-state index contributed by atoms with van der Waals surface area (Å²) in [5.74, 6) is 0.545. The first kappa shape index (κ1) is 17.7. The highest BCUT2D eigenvalue weighted by Crippen LogP contribution is 2.32. The van der Waals surface area contributed by atoms with E-state index in [0.29, 0.717) is 30.2 Å². The fourth-order valence-corrected chi connectivity index (χ4v) is 2.65. The molecule has 3 aromatic rings. The average molecular weight is 350 g/mol. The molecule has 0 bridgehead atoms. The number of nitrogens with one attached hydrogen (secondary N) is 1. The molecule has 2 aromatic carbocycles. The molecule has 1 heterocycles. The standard InChI is InChI=1S/C20H22N4O2/c1-14-3-5-15(6-4-14)20(25)23-16-7-8-19(26-12-10-21)17(13-16)18-9-11-22-24(18)2/h3-9,11,13H,10,12,21H2,1-2H3,(H,23,25). The summed E-state index contributed by atoms with van der Waals surface area (Å²) >= 11 is 0. The van der Waals surface area contributed by atoms with Gasteiger partial charge in [-0.2, -0.15) is 5.10 Å². The van der Waals surface area contributed by atoms with Crippen LogP contribution in [0, 0.1) is 6.92 Å². The molecule has 134 valence electrons. The number of rotatable bonds is 6. The van der Waals surface area contributed by atoms with Crippen molar-refractivity contribution in [2.75, 3.05) is 18.5 Å². The molecule has 0 saturated heterocycles. The van der Waals surface area contributed by atoms with Gasteiger partial charge in [0.1, 0.15) is 12.4 Å². The zero-order valence-corrected chi connectivity index (χ0v) is 14.9. The summed E-state index contributed by atoms with van der Waals surface area (Å²) in [6.07, 6.45) is 1.72. The van der Waals surface area contributed by atoms with E-state index < -0.39 is 0 Å². The molecule has 0 aliphatic carbocycles. The van der Waals surface area contributed by atoms with Crippen molar-refractivity contribution in [3.8, 4) is 17.0 Å². The number of nitrogens with two attached hydrogens (primary N) is 1. The second-order valence-electron chi connectivity index (χ2n) is 6.01. The first-order valence-electron chi connectivity index (χ1n) is 8.42. The second kappa shape index (κ2) is 7.84. The first-order valence-corrected chi connectivity index (χ1v) is 8.42. The lowest BCUT2D eigenvalue weighted by molar-refractivity contribution is 0.102. The lowest BCUT2D eigenvalue weighted by atomic mass is 10.1. The van der Waals surface area contributed by atoms with Crippen molar-refractivity contribution in [1.29, 1.82) is 0 Å². The van der Waals surface area contributed by atoms with Crippen LogP contribution in [-0.4, -0.2) is 28.8 Å². The molecule has 0 aliphatic rings. The maximum Gasteiger partial charge on any atom is 0.255 e. The normalized spacial score (nSPS) is 10.6. The highest BCUT2D eigenvalue weighted by Gasteiger charge is 2.13. The number of hydrogen-bond acceptors (Lipinski definition) is 4. The van der Waals surface area contributed by atoms with Crippen molar-refractivity contribution in [3.63, 3.8) is 0 Å². The minimum atomic E-state index is -0.156. The fourth-order valence-electron chi connectivity index (χ4n) is 2.65. The molecule has 0 saturated carbocycles. The SMILES string of the molecule is Cc1ccc(C(=O)Nc2ccc(OCCN)c(-c3ccnn3C)c2)cc1. The van der Waals surface area contributed by atoms with Crippen molar-refractivity contribution < 1.29 is 9.53 Å². The van der Waals surface area contributed by atoms with Crippen LogP contribution in [0.3, 0.4) is 0 Å². The monoisotopic (exact) mass is 350 g/mol. The van der Waals surface area contributed by atoms with Crippen LogP contribution in [0.1, 0.15) is 15.9 Å². The zero-order chi connectivity index (χ0) is 18.5. The number of amides is 1. The molecule has 6 heteroatoms. The predicted molar refractivity (Wildman–Crippen MR) is 102 cm³/mol. The van der Waals surface area contributed by atoms with Crippen LogP contribution >= 0.6 is 0 Å². The van der Waals surface area contributed by atoms with Gasteiger partial charge >= 0.3 is 0 Å². The highest BCUT2D eigenvalue weighted by molar-refractivity contribution is 6.04. The third-order valence-electron chi connectivity index (χ3n) is 4.02. The Bertz CT molecular complexity index is 900. The Morgan fingerprint density at radius 1 is 1.19 bits per heavy atom. The summed E-state index contributed by atoms with van der Waals surface area (Å²) in [6, 6.07) is 14.9. The number of carbonyl (C=O) groups is 1. The van der Waals surface area contributed by atoms with Crippen LogP contribution < -0.4 is 15.8 Å². The molecule has 1 amide bonds. The number of hydrogen-bond donors (Lipinski definition) is 2. The summed E-state index contributed by atoms with van der Waals surface area (Å²) < 4.78 is 7.50. The quantitative estimate of drug-likeness (QED) is 0.716. The topological polar surface area (TPSA) is 82.2 Å². The van der Waals surface area contributed by atoms with E-state index in [-0.39, 0.29) is 5.91 Å². The van der Waals surface area contributed by atoms with Crippen LogP contribution in [0.5, 0.6) is 5.75 Å². The van der Waals surface area contributed by atoms with Crippen LogP contribution in [0.15, 0.2) is 54.7 Å². The molecule has 0 radical (unpaired) electrons. The van der Waals surface area contributed by atoms with Gasteiger partial charge in [0.15, 0.2) is 0 Å². The first-order chi connectivity index (χ1) is 12.6. The van der Waals surface area contributed by atoms with Gasteiger partial charge < -0.3 is 15.8 Å². The molecule has 3 rings (SSSR count). The van der Waals surface area contributed by atoms with Gasteiger partial charge in [0, 0.05) is 36.6 Å². The molecule has 0 fully saturated rings. The molecule has 0 spiro atoms. The maximum atomic E-state index is 12.5. The van der Waals surface area contributed by atoms with Crippen LogP contribution in [-0.2, 0) is 7.05 Å². The average Bonchev–Trinajstić information content (AvgIpc) is 3.07. The van der Waals surface area contributed by atoms with Crippen LogP contribution in [0.4, 0.5) is 5.69 Å². The highest BCUT2D eigenvalue weighted by atomic mass is 16.5. The molecule has 26 heavy (non-hydrogen) atoms. The molecule has 6 nitrogen and oxygen atoms in total. The van der Waals surface area contributed by atoms with Crippen molar-refractivity contribution in [2.45, 2.75) is 6.92 Å². The second-order valence-corrected chi connectivity index (χ2v) is 6.01. The minimum absolute atomic E-state index is 0.156. The third kappa shape index (κ3) is 3.92. The van der Waals surface area contributed by atoms with E-state index in [4.69, 9.17) is 10.5 Å². The molecule has 1 aromatic heterocycles. The maximum absolute atomic E-state index is 12.5. The van der Waals surface area contributed by atoms with Gasteiger partial charge in [0.2, 0.25) is 0 Å². The number of aromatic nitrogens is 2. The van der Waals surface area contributed by atoms with Gasteiger partial charge in [-0.25, -0.2) is 0 Å². The van der Waals surface area contributed by atoms with Gasteiger partial charge in [0.25, 0.3) is 5.91 Å². The van der Waals surface area contributed by atoms with Gasteiger partial charge in [0.05, 0.1) is 5.69 Å².